The van der Waals surface area contributed by atoms with Crippen LogP contribution in [0.2, 0.25) is 0 Å². The van der Waals surface area contributed by atoms with E-state index in [0.29, 0.717) is 11.5 Å². The van der Waals surface area contributed by atoms with Gasteiger partial charge in [-0.05, 0) is 56.7 Å². The maximum Gasteiger partial charge on any atom is 0.225 e. The summed E-state index contributed by atoms with van der Waals surface area (Å²) >= 11 is 0. The quantitative estimate of drug-likeness (QED) is 0.835. The summed E-state index contributed by atoms with van der Waals surface area (Å²) in [5, 5.41) is 0. The molecule has 1 aromatic heterocycles. The Balaban J connectivity index is 1.32. The molecule has 120 valence electrons. The third-order valence-corrected chi connectivity index (χ3v) is 5.94. The molecule has 4 rings (SSSR count). The molecule has 4 heterocycles. The molecular formula is C17H26N4O. The third kappa shape index (κ3) is 2.84. The number of ether oxygens (including phenoxy) is 1. The maximum absolute atomic E-state index is 5.55. The van der Waals surface area contributed by atoms with Gasteiger partial charge in [-0.3, -0.25) is 4.90 Å². The lowest BCUT2D eigenvalue weighted by Crippen LogP contribution is -2.49. The normalized spacial score (nSPS) is 29.1. The van der Waals surface area contributed by atoms with E-state index in [-0.39, 0.29) is 0 Å². The van der Waals surface area contributed by atoms with Gasteiger partial charge in [0.1, 0.15) is 0 Å². The number of hydrogen-bond donors (Lipinski definition) is 0. The van der Waals surface area contributed by atoms with E-state index < -0.39 is 0 Å². The second-order valence-corrected chi connectivity index (χ2v) is 7.09. The van der Waals surface area contributed by atoms with Gasteiger partial charge in [0, 0.05) is 38.1 Å². The van der Waals surface area contributed by atoms with E-state index in [0.717, 1.165) is 32.3 Å². The summed E-state index contributed by atoms with van der Waals surface area (Å²) in [7, 11) is 0. The summed E-state index contributed by atoms with van der Waals surface area (Å²) in [6.45, 7) is 6.64. The average molecular weight is 302 g/mol. The van der Waals surface area contributed by atoms with Crippen LogP contribution in [0.5, 0.6) is 0 Å². The predicted molar refractivity (Wildman–Crippen MR) is 85.9 cm³/mol. The maximum atomic E-state index is 5.55. The highest BCUT2D eigenvalue weighted by atomic mass is 16.5. The lowest BCUT2D eigenvalue weighted by Gasteiger charge is -2.47. The van der Waals surface area contributed by atoms with E-state index >= 15 is 0 Å². The Bertz CT molecular complexity index is 471. The zero-order chi connectivity index (χ0) is 14.8. The van der Waals surface area contributed by atoms with Crippen LogP contribution in [0.4, 0.5) is 5.95 Å². The van der Waals surface area contributed by atoms with Crippen molar-refractivity contribution < 1.29 is 4.74 Å². The minimum absolute atomic E-state index is 0.571. The number of piperidine rings is 2. The molecule has 3 aliphatic heterocycles. The highest BCUT2D eigenvalue weighted by Gasteiger charge is 2.39. The van der Waals surface area contributed by atoms with Crippen molar-refractivity contribution in [2.24, 2.45) is 5.41 Å². The summed E-state index contributed by atoms with van der Waals surface area (Å²) in [6.07, 6.45) is 10.2. The topological polar surface area (TPSA) is 41.5 Å². The van der Waals surface area contributed by atoms with Crippen molar-refractivity contribution >= 4 is 5.95 Å². The van der Waals surface area contributed by atoms with E-state index in [2.05, 4.69) is 19.8 Å². The van der Waals surface area contributed by atoms with Gasteiger partial charge in [0.2, 0.25) is 5.95 Å². The van der Waals surface area contributed by atoms with Gasteiger partial charge in [0.15, 0.2) is 0 Å². The smallest absolute Gasteiger partial charge is 0.225 e. The van der Waals surface area contributed by atoms with Crippen LogP contribution in [0, 0.1) is 5.41 Å². The van der Waals surface area contributed by atoms with Gasteiger partial charge >= 0.3 is 0 Å². The van der Waals surface area contributed by atoms with Crippen LogP contribution in [0.1, 0.15) is 32.1 Å². The molecule has 3 aliphatic rings. The Morgan fingerprint density at radius 1 is 1.00 bits per heavy atom. The van der Waals surface area contributed by atoms with E-state index in [1.165, 1.54) is 45.2 Å². The fraction of sp³-hybridized carbons (Fsp3) is 0.765. The Hall–Kier alpha value is -1.20. The van der Waals surface area contributed by atoms with Crippen molar-refractivity contribution in [2.75, 3.05) is 44.3 Å². The minimum atomic E-state index is 0.571. The lowest BCUT2D eigenvalue weighted by molar-refractivity contribution is 0.0492. The van der Waals surface area contributed by atoms with E-state index in [1.807, 2.05) is 18.5 Å². The van der Waals surface area contributed by atoms with Crippen molar-refractivity contribution in [1.29, 1.82) is 0 Å². The number of anilines is 1. The second kappa shape index (κ2) is 6.13. The first-order valence-electron chi connectivity index (χ1n) is 8.69. The Morgan fingerprint density at radius 3 is 2.32 bits per heavy atom. The molecule has 1 aromatic rings. The first kappa shape index (κ1) is 14.4. The largest absolute Gasteiger partial charge is 0.380 e. The number of nitrogens with zero attached hydrogens (tertiary/aromatic N) is 4. The predicted octanol–water partition coefficient (Wildman–Crippen LogP) is 1.95. The van der Waals surface area contributed by atoms with Gasteiger partial charge in [-0.15, -0.1) is 0 Å². The molecule has 0 radical (unpaired) electrons. The van der Waals surface area contributed by atoms with Crippen molar-refractivity contribution in [3.63, 3.8) is 0 Å². The molecule has 0 N–H and O–H groups in total. The van der Waals surface area contributed by atoms with Gasteiger partial charge in [-0.1, -0.05) is 0 Å². The van der Waals surface area contributed by atoms with E-state index in [4.69, 9.17) is 4.74 Å². The molecule has 1 atom stereocenters. The highest BCUT2D eigenvalue weighted by Crippen LogP contribution is 2.42. The summed E-state index contributed by atoms with van der Waals surface area (Å²) in [4.78, 5) is 13.8. The van der Waals surface area contributed by atoms with Gasteiger partial charge in [0.25, 0.3) is 0 Å². The molecule has 1 spiro atoms. The molecular weight excluding hydrogens is 276 g/mol. The van der Waals surface area contributed by atoms with Crippen LogP contribution in [0.3, 0.4) is 0 Å². The lowest BCUT2D eigenvalue weighted by atomic mass is 9.71. The number of aromatic nitrogens is 2. The van der Waals surface area contributed by atoms with Crippen LogP contribution in [0.15, 0.2) is 18.5 Å². The van der Waals surface area contributed by atoms with Crippen LogP contribution in [-0.4, -0.2) is 60.3 Å². The molecule has 0 amide bonds. The van der Waals surface area contributed by atoms with E-state index in [1.54, 1.807) is 0 Å². The standard InChI is InChI=1S/C17H26N4O/c1-7-18-16(19-8-1)21-11-5-17(6-12-21)3-9-20(10-4-17)15-2-13-22-14-15/h1,7-8,15H,2-6,9-14H2/t15-/m0/s1. The summed E-state index contributed by atoms with van der Waals surface area (Å²) in [6, 6.07) is 2.58. The minimum Gasteiger partial charge on any atom is -0.380 e. The van der Waals surface area contributed by atoms with Crippen molar-refractivity contribution in [3.05, 3.63) is 18.5 Å². The van der Waals surface area contributed by atoms with Crippen LogP contribution in [0.25, 0.3) is 0 Å². The number of rotatable bonds is 2. The number of hydrogen-bond acceptors (Lipinski definition) is 5. The Kier molecular flexibility index (Phi) is 4.01. The molecule has 0 bridgehead atoms. The number of likely N-dealkylation sites (tertiary alicyclic amines) is 1. The Labute approximate surface area is 132 Å². The van der Waals surface area contributed by atoms with Crippen LogP contribution < -0.4 is 4.90 Å². The summed E-state index contributed by atoms with van der Waals surface area (Å²) in [5.74, 6) is 0.901. The highest BCUT2D eigenvalue weighted by molar-refractivity contribution is 5.29. The van der Waals surface area contributed by atoms with E-state index in [9.17, 15) is 0 Å². The zero-order valence-corrected chi connectivity index (χ0v) is 13.3. The molecule has 0 aromatic carbocycles. The second-order valence-electron chi connectivity index (χ2n) is 7.09. The Morgan fingerprint density at radius 2 is 1.68 bits per heavy atom. The van der Waals surface area contributed by atoms with Crippen molar-refractivity contribution in [3.8, 4) is 0 Å². The molecule has 3 saturated heterocycles. The molecule has 22 heavy (non-hydrogen) atoms. The molecule has 0 unspecified atom stereocenters. The van der Waals surface area contributed by atoms with Crippen molar-refractivity contribution in [1.82, 2.24) is 14.9 Å². The monoisotopic (exact) mass is 302 g/mol. The molecule has 0 saturated carbocycles. The van der Waals surface area contributed by atoms with Crippen LogP contribution in [-0.2, 0) is 4.74 Å². The fourth-order valence-electron chi connectivity index (χ4n) is 4.31. The zero-order valence-electron chi connectivity index (χ0n) is 13.3. The molecule has 0 aliphatic carbocycles. The summed E-state index contributed by atoms with van der Waals surface area (Å²) in [5.41, 5.74) is 0.571. The molecule has 5 heteroatoms. The summed E-state index contributed by atoms with van der Waals surface area (Å²) < 4.78 is 5.55. The van der Waals surface area contributed by atoms with Crippen LogP contribution >= 0.6 is 0 Å². The molecule has 5 nitrogen and oxygen atoms in total. The average Bonchev–Trinajstić information content (AvgIpc) is 3.12. The van der Waals surface area contributed by atoms with Gasteiger partial charge < -0.3 is 9.64 Å². The van der Waals surface area contributed by atoms with Gasteiger partial charge in [0.05, 0.1) is 6.61 Å². The first-order chi connectivity index (χ1) is 10.8. The third-order valence-electron chi connectivity index (χ3n) is 5.94. The fourth-order valence-corrected chi connectivity index (χ4v) is 4.31. The SMILES string of the molecule is c1cnc(N2CCC3(CC2)CCN([C@H]2CCOC2)CC3)nc1. The van der Waals surface area contributed by atoms with Gasteiger partial charge in [-0.25, -0.2) is 9.97 Å². The first-order valence-corrected chi connectivity index (χ1v) is 8.69. The molecule has 3 fully saturated rings. The van der Waals surface area contributed by atoms with Gasteiger partial charge in [-0.2, -0.15) is 0 Å². The van der Waals surface area contributed by atoms with Crippen molar-refractivity contribution in [2.45, 2.75) is 38.1 Å².